The molecule has 0 aromatic heterocycles. The van der Waals surface area contributed by atoms with Crippen LogP contribution in [0.4, 0.5) is 10.1 Å². The van der Waals surface area contributed by atoms with Crippen LogP contribution in [0.3, 0.4) is 0 Å². The summed E-state index contributed by atoms with van der Waals surface area (Å²) in [6.45, 7) is 2.27. The molecule has 0 aliphatic carbocycles. The lowest BCUT2D eigenvalue weighted by molar-refractivity contribution is 0.0927. The fourth-order valence-electron chi connectivity index (χ4n) is 4.13. The lowest BCUT2D eigenvalue weighted by Crippen LogP contribution is -2.40. The number of hydrogen-bond acceptors (Lipinski definition) is 3. The second kappa shape index (κ2) is 9.31. The molecule has 1 amide bonds. The summed E-state index contributed by atoms with van der Waals surface area (Å²) in [7, 11) is 4.05. The van der Waals surface area contributed by atoms with Gasteiger partial charge in [-0.3, -0.25) is 9.69 Å². The van der Waals surface area contributed by atoms with Gasteiger partial charge in [-0.2, -0.15) is 0 Å². The van der Waals surface area contributed by atoms with Crippen molar-refractivity contribution in [3.05, 3.63) is 101 Å². The topological polar surface area (TPSA) is 35.6 Å². The maximum Gasteiger partial charge on any atom is 0.251 e. The van der Waals surface area contributed by atoms with Crippen LogP contribution in [0.1, 0.15) is 33.1 Å². The molecule has 0 bridgehead atoms. The Labute approximate surface area is 183 Å². The molecule has 0 radical (unpaired) electrons. The Hall–Kier alpha value is -3.18. The van der Waals surface area contributed by atoms with E-state index in [9.17, 15) is 9.18 Å². The van der Waals surface area contributed by atoms with E-state index in [0.29, 0.717) is 12.1 Å². The first-order valence-electron chi connectivity index (χ1n) is 10.6. The maximum absolute atomic E-state index is 13.2. The van der Waals surface area contributed by atoms with Gasteiger partial charge in [0.05, 0.1) is 6.04 Å². The van der Waals surface area contributed by atoms with E-state index in [1.54, 1.807) is 0 Å². The summed E-state index contributed by atoms with van der Waals surface area (Å²) < 4.78 is 13.2. The van der Waals surface area contributed by atoms with Gasteiger partial charge in [0.1, 0.15) is 5.82 Å². The number of rotatable bonds is 6. The molecule has 160 valence electrons. The van der Waals surface area contributed by atoms with Gasteiger partial charge in [-0.05, 0) is 59.5 Å². The van der Waals surface area contributed by atoms with Crippen LogP contribution in [0.25, 0.3) is 0 Å². The standard InChI is InChI=1S/C26H28FN3O/c1-29(2)24-13-9-20(10-14-24)25(17-28-26(31)21-7-11-23(27)12-8-21)30-16-15-19-5-3-4-6-22(19)18-30/h3-14,25H,15-18H2,1-2H3,(H,28,31)/t25-/m0/s1. The van der Waals surface area contributed by atoms with E-state index < -0.39 is 0 Å². The third-order valence-electron chi connectivity index (χ3n) is 5.96. The number of hydrogen-bond donors (Lipinski definition) is 1. The van der Waals surface area contributed by atoms with Crippen molar-refractivity contribution in [1.29, 1.82) is 0 Å². The number of halogens is 1. The summed E-state index contributed by atoms with van der Waals surface area (Å²) in [4.78, 5) is 17.2. The van der Waals surface area contributed by atoms with E-state index in [1.807, 2.05) is 14.1 Å². The molecular formula is C26H28FN3O. The molecule has 1 heterocycles. The molecule has 1 aliphatic rings. The van der Waals surface area contributed by atoms with Crippen LogP contribution < -0.4 is 10.2 Å². The van der Waals surface area contributed by atoms with Crippen LogP contribution in [0.15, 0.2) is 72.8 Å². The predicted molar refractivity (Wildman–Crippen MR) is 123 cm³/mol. The number of fused-ring (bicyclic) bond motifs is 1. The van der Waals surface area contributed by atoms with Crippen molar-refractivity contribution < 1.29 is 9.18 Å². The van der Waals surface area contributed by atoms with Crippen LogP contribution in [0.5, 0.6) is 0 Å². The van der Waals surface area contributed by atoms with Gasteiger partial charge in [0.2, 0.25) is 0 Å². The molecule has 3 aromatic carbocycles. The van der Waals surface area contributed by atoms with Crippen LogP contribution in [-0.2, 0) is 13.0 Å². The maximum atomic E-state index is 13.2. The molecule has 5 heteroatoms. The molecule has 0 unspecified atom stereocenters. The minimum Gasteiger partial charge on any atom is -0.378 e. The zero-order chi connectivity index (χ0) is 21.8. The van der Waals surface area contributed by atoms with Crippen molar-refractivity contribution in [1.82, 2.24) is 10.2 Å². The van der Waals surface area contributed by atoms with Crippen molar-refractivity contribution in [3.63, 3.8) is 0 Å². The van der Waals surface area contributed by atoms with Gasteiger partial charge in [0.15, 0.2) is 0 Å². The Balaban J connectivity index is 1.55. The zero-order valence-electron chi connectivity index (χ0n) is 18.0. The number of anilines is 1. The van der Waals surface area contributed by atoms with Gasteiger partial charge in [0.25, 0.3) is 5.91 Å². The van der Waals surface area contributed by atoms with E-state index in [1.165, 1.54) is 41.0 Å². The Morgan fingerprint density at radius 2 is 1.68 bits per heavy atom. The Morgan fingerprint density at radius 1 is 1.00 bits per heavy atom. The third-order valence-corrected chi connectivity index (χ3v) is 5.96. The number of benzene rings is 3. The quantitative estimate of drug-likeness (QED) is 0.645. The highest BCUT2D eigenvalue weighted by Crippen LogP contribution is 2.28. The summed E-state index contributed by atoms with van der Waals surface area (Å²) in [6.07, 6.45) is 0.994. The average molecular weight is 418 g/mol. The summed E-state index contributed by atoms with van der Waals surface area (Å²) in [6, 6.07) is 22.8. The third kappa shape index (κ3) is 4.94. The van der Waals surface area contributed by atoms with Gasteiger partial charge in [-0.25, -0.2) is 4.39 Å². The molecule has 4 rings (SSSR count). The molecule has 0 saturated carbocycles. The SMILES string of the molecule is CN(C)c1ccc([C@H](CNC(=O)c2ccc(F)cc2)N2CCc3ccccc3C2)cc1. The fourth-order valence-corrected chi connectivity index (χ4v) is 4.13. The summed E-state index contributed by atoms with van der Waals surface area (Å²) >= 11 is 0. The molecular weight excluding hydrogens is 389 g/mol. The number of carbonyl (C=O) groups excluding carboxylic acids is 1. The Kier molecular flexibility index (Phi) is 6.33. The van der Waals surface area contributed by atoms with E-state index in [-0.39, 0.29) is 17.8 Å². The van der Waals surface area contributed by atoms with Crippen LogP contribution in [0.2, 0.25) is 0 Å². The van der Waals surface area contributed by atoms with Crippen molar-refractivity contribution in [3.8, 4) is 0 Å². The van der Waals surface area contributed by atoms with E-state index >= 15 is 0 Å². The van der Waals surface area contributed by atoms with Crippen molar-refractivity contribution in [2.24, 2.45) is 0 Å². The minimum atomic E-state index is -0.345. The monoisotopic (exact) mass is 417 g/mol. The Morgan fingerprint density at radius 3 is 2.35 bits per heavy atom. The van der Waals surface area contributed by atoms with E-state index in [4.69, 9.17) is 0 Å². The van der Waals surface area contributed by atoms with Gasteiger partial charge in [-0.15, -0.1) is 0 Å². The highest BCUT2D eigenvalue weighted by Gasteiger charge is 2.25. The van der Waals surface area contributed by atoms with Gasteiger partial charge >= 0.3 is 0 Å². The normalized spacial score (nSPS) is 14.5. The van der Waals surface area contributed by atoms with Gasteiger partial charge < -0.3 is 10.2 Å². The summed E-state index contributed by atoms with van der Waals surface area (Å²) in [5, 5.41) is 3.06. The summed E-state index contributed by atoms with van der Waals surface area (Å²) in [5.74, 6) is -0.533. The lowest BCUT2D eigenvalue weighted by Gasteiger charge is -2.36. The molecule has 1 atom stereocenters. The Bertz CT molecular complexity index is 1030. The highest BCUT2D eigenvalue weighted by atomic mass is 19.1. The zero-order valence-corrected chi connectivity index (χ0v) is 18.0. The van der Waals surface area contributed by atoms with Crippen molar-refractivity contribution in [2.75, 3.05) is 32.1 Å². The smallest absolute Gasteiger partial charge is 0.251 e. The lowest BCUT2D eigenvalue weighted by atomic mass is 9.96. The molecule has 0 fully saturated rings. The summed E-state index contributed by atoms with van der Waals surface area (Å²) in [5.41, 5.74) is 5.52. The molecule has 0 saturated heterocycles. The second-order valence-corrected chi connectivity index (χ2v) is 8.21. The first kappa shape index (κ1) is 21.1. The van der Waals surface area contributed by atoms with Crippen molar-refractivity contribution in [2.45, 2.75) is 19.0 Å². The van der Waals surface area contributed by atoms with Crippen LogP contribution in [-0.4, -0.2) is 38.0 Å². The first-order chi connectivity index (χ1) is 15.0. The number of carbonyl (C=O) groups is 1. The fraction of sp³-hybridized carbons (Fsp3) is 0.269. The molecule has 4 nitrogen and oxygen atoms in total. The second-order valence-electron chi connectivity index (χ2n) is 8.21. The number of nitrogens with one attached hydrogen (secondary N) is 1. The minimum absolute atomic E-state index is 0.0500. The van der Waals surface area contributed by atoms with E-state index in [0.717, 1.165) is 25.2 Å². The van der Waals surface area contributed by atoms with Crippen molar-refractivity contribution >= 4 is 11.6 Å². The largest absolute Gasteiger partial charge is 0.378 e. The average Bonchev–Trinajstić information content (AvgIpc) is 2.79. The molecule has 1 N–H and O–H groups in total. The molecule has 31 heavy (non-hydrogen) atoms. The predicted octanol–water partition coefficient (Wildman–Crippen LogP) is 4.42. The van der Waals surface area contributed by atoms with Crippen LogP contribution >= 0.6 is 0 Å². The van der Waals surface area contributed by atoms with Gasteiger partial charge in [-0.1, -0.05) is 36.4 Å². The molecule has 3 aromatic rings. The molecule has 0 spiro atoms. The van der Waals surface area contributed by atoms with Crippen LogP contribution in [0, 0.1) is 5.82 Å². The van der Waals surface area contributed by atoms with Gasteiger partial charge in [0, 0.05) is 45.0 Å². The first-order valence-corrected chi connectivity index (χ1v) is 10.6. The van der Waals surface area contributed by atoms with E-state index in [2.05, 4.69) is 63.6 Å². The highest BCUT2D eigenvalue weighted by molar-refractivity contribution is 5.94. The number of nitrogens with zero attached hydrogens (tertiary/aromatic N) is 2. The molecule has 1 aliphatic heterocycles. The number of amides is 1.